The number of nitrogens with one attached hydrogen (secondary N) is 1. The van der Waals surface area contributed by atoms with Crippen LogP contribution in [0.3, 0.4) is 0 Å². The summed E-state index contributed by atoms with van der Waals surface area (Å²) in [6.07, 6.45) is 1.39. The van der Waals surface area contributed by atoms with E-state index in [-0.39, 0.29) is 28.0 Å². The molecule has 35 heavy (non-hydrogen) atoms. The first-order valence-electron chi connectivity index (χ1n) is 9.89. The number of nitrogens with zero attached hydrogens (tertiary/aromatic N) is 3. The van der Waals surface area contributed by atoms with Crippen LogP contribution in [0.4, 0.5) is 5.69 Å². The third-order valence-electron chi connectivity index (χ3n) is 4.43. The summed E-state index contributed by atoms with van der Waals surface area (Å²) < 4.78 is 35.3. The highest BCUT2D eigenvalue weighted by Crippen LogP contribution is 2.23. The van der Waals surface area contributed by atoms with Crippen LogP contribution < -0.4 is 9.61 Å². The zero-order valence-corrected chi connectivity index (χ0v) is 19.4. The van der Waals surface area contributed by atoms with Crippen LogP contribution in [0.1, 0.15) is 5.56 Å². The van der Waals surface area contributed by atoms with E-state index >= 15 is 0 Å². The van der Waals surface area contributed by atoms with E-state index in [1.165, 1.54) is 18.3 Å². The number of nitro groups is 1. The number of carbonyl (C=O) groups excluding carboxylic acids is 1. The number of thioether (sulfide) groups is 1. The topological polar surface area (TPSA) is 154 Å². The maximum absolute atomic E-state index is 12.4. The number of amides is 1. The van der Waals surface area contributed by atoms with Crippen molar-refractivity contribution in [1.29, 1.82) is 0 Å². The van der Waals surface area contributed by atoms with E-state index in [9.17, 15) is 23.3 Å². The van der Waals surface area contributed by atoms with Gasteiger partial charge in [0.2, 0.25) is 0 Å². The Balaban J connectivity index is 1.28. The first-order chi connectivity index (χ1) is 16.8. The zero-order chi connectivity index (χ0) is 24.8. The largest absolute Gasteiger partial charge is 0.431 e. The molecule has 0 spiro atoms. The first-order valence-corrected chi connectivity index (χ1v) is 12.3. The SMILES string of the molecule is O=C(CSc1nc2ccccc2o1)N/N=C\c1ccc(OS(=O)(=O)c2ccc([N+](=O)[O-])cc2)cc1. The highest BCUT2D eigenvalue weighted by molar-refractivity contribution is 7.99. The summed E-state index contributed by atoms with van der Waals surface area (Å²) in [5.41, 5.74) is 4.09. The number of rotatable bonds is 9. The predicted molar refractivity (Wildman–Crippen MR) is 128 cm³/mol. The number of hydrogen-bond donors (Lipinski definition) is 1. The van der Waals surface area contributed by atoms with Crippen molar-refractivity contribution < 1.29 is 26.7 Å². The number of nitro benzene ring substituents is 1. The summed E-state index contributed by atoms with van der Waals surface area (Å²) in [5.74, 6) is -0.265. The average Bonchev–Trinajstić information content (AvgIpc) is 3.27. The lowest BCUT2D eigenvalue weighted by molar-refractivity contribution is -0.384. The van der Waals surface area contributed by atoms with Gasteiger partial charge in [-0.1, -0.05) is 23.9 Å². The minimum atomic E-state index is -4.16. The number of hydrazone groups is 1. The van der Waals surface area contributed by atoms with Crippen LogP contribution in [0.2, 0.25) is 0 Å². The van der Waals surface area contributed by atoms with Gasteiger partial charge in [-0.2, -0.15) is 13.5 Å². The van der Waals surface area contributed by atoms with Crippen LogP contribution in [0, 0.1) is 10.1 Å². The Hall–Kier alpha value is -4.23. The fourth-order valence-corrected chi connectivity index (χ4v) is 4.33. The lowest BCUT2D eigenvalue weighted by atomic mass is 10.2. The van der Waals surface area contributed by atoms with Gasteiger partial charge in [-0.3, -0.25) is 14.9 Å². The number of benzene rings is 3. The molecule has 178 valence electrons. The third-order valence-corrected chi connectivity index (χ3v) is 6.52. The highest BCUT2D eigenvalue weighted by atomic mass is 32.2. The summed E-state index contributed by atoms with van der Waals surface area (Å²) in [4.78, 5) is 26.1. The Morgan fingerprint density at radius 2 is 1.83 bits per heavy atom. The Kier molecular flexibility index (Phi) is 7.08. The van der Waals surface area contributed by atoms with Crippen LogP contribution in [0.5, 0.6) is 5.75 Å². The number of fused-ring (bicyclic) bond motifs is 1. The van der Waals surface area contributed by atoms with Crippen LogP contribution in [0.25, 0.3) is 11.1 Å². The summed E-state index contributed by atoms with van der Waals surface area (Å²) in [6, 6.07) is 17.5. The van der Waals surface area contributed by atoms with E-state index in [0.717, 1.165) is 36.0 Å². The Labute approximate surface area is 203 Å². The second kappa shape index (κ2) is 10.4. The second-order valence-electron chi connectivity index (χ2n) is 6.89. The molecule has 0 aliphatic rings. The molecule has 13 heteroatoms. The summed E-state index contributed by atoms with van der Waals surface area (Å²) in [6.45, 7) is 0. The number of oxazole rings is 1. The van der Waals surface area contributed by atoms with Crippen LogP contribution in [-0.4, -0.2) is 36.2 Å². The molecule has 0 radical (unpaired) electrons. The smallest absolute Gasteiger partial charge is 0.339 e. The van der Waals surface area contributed by atoms with Gasteiger partial charge >= 0.3 is 10.1 Å². The van der Waals surface area contributed by atoms with Gasteiger partial charge in [-0.05, 0) is 54.1 Å². The molecule has 0 aliphatic heterocycles. The normalized spacial score (nSPS) is 11.5. The minimum Gasteiger partial charge on any atom is -0.431 e. The molecule has 1 N–H and O–H groups in total. The van der Waals surface area contributed by atoms with Crippen molar-refractivity contribution in [3.8, 4) is 5.75 Å². The summed E-state index contributed by atoms with van der Waals surface area (Å²) >= 11 is 1.14. The van der Waals surface area contributed by atoms with Crippen molar-refractivity contribution in [2.45, 2.75) is 10.1 Å². The van der Waals surface area contributed by atoms with Crippen LogP contribution >= 0.6 is 11.8 Å². The molecule has 0 atom stereocenters. The van der Waals surface area contributed by atoms with E-state index in [0.29, 0.717) is 21.9 Å². The van der Waals surface area contributed by atoms with Crippen molar-refractivity contribution >= 4 is 50.8 Å². The van der Waals surface area contributed by atoms with Crippen LogP contribution in [0.15, 0.2) is 92.4 Å². The van der Waals surface area contributed by atoms with Crippen LogP contribution in [-0.2, 0) is 14.9 Å². The molecule has 0 fully saturated rings. The zero-order valence-electron chi connectivity index (χ0n) is 17.7. The highest BCUT2D eigenvalue weighted by Gasteiger charge is 2.18. The Morgan fingerprint density at radius 3 is 2.51 bits per heavy atom. The van der Waals surface area contributed by atoms with E-state index < -0.39 is 15.0 Å². The summed E-state index contributed by atoms with van der Waals surface area (Å²) in [7, 11) is -4.16. The maximum Gasteiger partial charge on any atom is 0.339 e. The fourth-order valence-electron chi connectivity index (χ4n) is 2.77. The van der Waals surface area contributed by atoms with Crippen molar-refractivity contribution in [1.82, 2.24) is 10.4 Å². The van der Waals surface area contributed by atoms with Crippen molar-refractivity contribution in [2.24, 2.45) is 5.10 Å². The van der Waals surface area contributed by atoms with E-state index in [1.54, 1.807) is 18.2 Å². The number of non-ortho nitro benzene ring substituents is 1. The Bertz CT molecular complexity index is 1470. The fraction of sp³-hybridized carbons (Fsp3) is 0.0455. The number of carbonyl (C=O) groups is 1. The van der Waals surface area contributed by atoms with Gasteiger partial charge in [0.25, 0.3) is 16.8 Å². The van der Waals surface area contributed by atoms with Gasteiger partial charge < -0.3 is 8.60 Å². The lowest BCUT2D eigenvalue weighted by Crippen LogP contribution is -2.19. The lowest BCUT2D eigenvalue weighted by Gasteiger charge is -2.07. The Morgan fingerprint density at radius 1 is 1.11 bits per heavy atom. The molecule has 0 aliphatic carbocycles. The molecule has 1 amide bonds. The molecular formula is C22H16N4O7S2. The molecular weight excluding hydrogens is 496 g/mol. The van der Waals surface area contributed by atoms with Crippen molar-refractivity contribution in [3.63, 3.8) is 0 Å². The number of aromatic nitrogens is 1. The van der Waals surface area contributed by atoms with Gasteiger partial charge in [0.15, 0.2) is 5.58 Å². The van der Waals surface area contributed by atoms with E-state index in [1.807, 2.05) is 18.2 Å². The third kappa shape index (κ3) is 6.22. The van der Waals surface area contributed by atoms with Crippen molar-refractivity contribution in [3.05, 3.63) is 88.5 Å². The molecule has 1 aromatic heterocycles. The molecule has 0 unspecified atom stereocenters. The predicted octanol–water partition coefficient (Wildman–Crippen LogP) is 3.75. The van der Waals surface area contributed by atoms with E-state index in [4.69, 9.17) is 8.60 Å². The molecule has 3 aromatic carbocycles. The minimum absolute atomic E-state index is 0.0410. The molecule has 0 saturated heterocycles. The molecule has 1 heterocycles. The standard InChI is InChI=1S/C22H16N4O7S2/c27-21(14-34-22-24-19-3-1-2-4-20(19)32-22)25-23-13-15-5-9-17(10-6-15)33-35(30,31)18-11-7-16(8-12-18)26(28)29/h1-13H,14H2,(H,25,27)/b23-13-. The van der Waals surface area contributed by atoms with Gasteiger partial charge in [0.05, 0.1) is 16.9 Å². The molecule has 11 nitrogen and oxygen atoms in total. The number of para-hydroxylation sites is 2. The molecule has 0 saturated carbocycles. The van der Waals surface area contributed by atoms with Gasteiger partial charge in [-0.25, -0.2) is 10.4 Å². The van der Waals surface area contributed by atoms with E-state index in [2.05, 4.69) is 15.5 Å². The molecule has 0 bridgehead atoms. The first kappa shape index (κ1) is 23.9. The quantitative estimate of drug-likeness (QED) is 0.116. The molecule has 4 aromatic rings. The second-order valence-corrected chi connectivity index (χ2v) is 9.36. The van der Waals surface area contributed by atoms with Gasteiger partial charge in [0.1, 0.15) is 16.2 Å². The van der Waals surface area contributed by atoms with Crippen molar-refractivity contribution in [2.75, 3.05) is 5.75 Å². The maximum atomic E-state index is 12.4. The monoisotopic (exact) mass is 512 g/mol. The molecule has 4 rings (SSSR count). The number of hydrogen-bond acceptors (Lipinski definition) is 10. The van der Waals surface area contributed by atoms with Gasteiger partial charge in [0, 0.05) is 12.1 Å². The van der Waals surface area contributed by atoms with Gasteiger partial charge in [-0.15, -0.1) is 0 Å². The summed E-state index contributed by atoms with van der Waals surface area (Å²) in [5, 5.41) is 15.0. The average molecular weight is 513 g/mol.